The number of unbranched alkanes of at least 4 members (excludes halogenated alkanes) is 5. The van der Waals surface area contributed by atoms with E-state index in [0.717, 1.165) is 34.3 Å². The minimum Gasteiger partial charge on any atom is -0.505 e. The molecule has 0 radical (unpaired) electrons. The number of benzene rings is 3. The predicted molar refractivity (Wildman–Crippen MR) is 180 cm³/mol. The maximum absolute atomic E-state index is 11.9. The fourth-order valence-electron chi connectivity index (χ4n) is 6.24. The summed E-state index contributed by atoms with van der Waals surface area (Å²) in [5.41, 5.74) is 5.16. The van der Waals surface area contributed by atoms with Crippen molar-refractivity contribution in [2.24, 2.45) is 5.41 Å². The van der Waals surface area contributed by atoms with Crippen LogP contribution in [0, 0.1) is 5.41 Å². The quantitative estimate of drug-likeness (QED) is 0.125. The number of fused-ring (bicyclic) bond motifs is 1. The van der Waals surface area contributed by atoms with Gasteiger partial charge in [-0.2, -0.15) is 0 Å². The molecule has 0 spiro atoms. The average Bonchev–Trinajstić information content (AvgIpc) is 3.35. The van der Waals surface area contributed by atoms with Crippen molar-refractivity contribution in [2.45, 2.75) is 116 Å². The molecular formula is C37H51N3OS. The summed E-state index contributed by atoms with van der Waals surface area (Å²) in [7, 11) is 0. The van der Waals surface area contributed by atoms with Crippen LogP contribution in [0.3, 0.4) is 0 Å². The molecular weight excluding hydrogens is 534 g/mol. The molecule has 0 unspecified atom stereocenters. The standard InChI is InChI=1S/C37H51N3OS/c1-9-10-11-12-13-17-22-42-29-20-21-31-32(25-29)39-40(38-31)33-24-28(36(5,6)26-35(2,3)4)23-30(34(33)41)37(7,8)27-18-15-14-16-19-27/h14-16,18-21,23-25,41H,9-13,17,22,26H2,1-8H3. The molecule has 3 aromatic carbocycles. The van der Waals surface area contributed by atoms with Crippen LogP contribution in [-0.4, -0.2) is 25.9 Å². The highest BCUT2D eigenvalue weighted by atomic mass is 32.2. The summed E-state index contributed by atoms with van der Waals surface area (Å²) in [6, 6.07) is 21.1. The summed E-state index contributed by atoms with van der Waals surface area (Å²) >= 11 is 1.90. The van der Waals surface area contributed by atoms with Crippen molar-refractivity contribution in [3.63, 3.8) is 0 Å². The van der Waals surface area contributed by atoms with E-state index in [9.17, 15) is 5.11 Å². The molecule has 1 aromatic heterocycles. The molecule has 4 nitrogen and oxygen atoms in total. The number of thioether (sulfide) groups is 1. The molecule has 226 valence electrons. The highest BCUT2D eigenvalue weighted by Crippen LogP contribution is 2.44. The van der Waals surface area contributed by atoms with Gasteiger partial charge in [0.2, 0.25) is 0 Å². The van der Waals surface area contributed by atoms with Crippen molar-refractivity contribution in [1.29, 1.82) is 0 Å². The lowest BCUT2D eigenvalue weighted by Crippen LogP contribution is -2.27. The molecule has 0 atom stereocenters. The van der Waals surface area contributed by atoms with Crippen LogP contribution in [0.4, 0.5) is 0 Å². The number of rotatable bonds is 13. The van der Waals surface area contributed by atoms with Gasteiger partial charge in [-0.1, -0.05) is 124 Å². The molecule has 0 fully saturated rings. The Morgan fingerprint density at radius 1 is 0.738 bits per heavy atom. The van der Waals surface area contributed by atoms with Crippen LogP contribution >= 0.6 is 11.8 Å². The van der Waals surface area contributed by atoms with Gasteiger partial charge in [0.1, 0.15) is 22.5 Å². The Kier molecular flexibility index (Phi) is 10.1. The Morgan fingerprint density at radius 3 is 2.10 bits per heavy atom. The van der Waals surface area contributed by atoms with E-state index in [1.165, 1.54) is 49.0 Å². The third-order valence-electron chi connectivity index (χ3n) is 8.35. The number of phenols is 1. The number of hydrogen-bond acceptors (Lipinski definition) is 4. The molecule has 0 aliphatic heterocycles. The van der Waals surface area contributed by atoms with E-state index in [4.69, 9.17) is 10.2 Å². The molecule has 0 amide bonds. The van der Waals surface area contributed by atoms with Crippen molar-refractivity contribution in [3.8, 4) is 11.4 Å². The Hall–Kier alpha value is -2.79. The number of phenolic OH excluding ortho intramolecular Hbond substituents is 1. The van der Waals surface area contributed by atoms with E-state index in [1.807, 2.05) is 17.8 Å². The molecule has 5 heteroatoms. The van der Waals surface area contributed by atoms with Gasteiger partial charge in [-0.15, -0.1) is 26.8 Å². The molecule has 0 saturated heterocycles. The van der Waals surface area contributed by atoms with E-state index in [0.29, 0.717) is 5.69 Å². The van der Waals surface area contributed by atoms with Crippen LogP contribution in [0.1, 0.15) is 117 Å². The van der Waals surface area contributed by atoms with Crippen LogP contribution in [0.2, 0.25) is 0 Å². The molecule has 4 aromatic rings. The maximum atomic E-state index is 11.9. The van der Waals surface area contributed by atoms with Gasteiger partial charge in [0.25, 0.3) is 0 Å². The third-order valence-corrected chi connectivity index (χ3v) is 9.43. The summed E-state index contributed by atoms with van der Waals surface area (Å²) in [5, 5.41) is 21.6. The topological polar surface area (TPSA) is 50.9 Å². The first kappa shape index (κ1) is 32.1. The van der Waals surface area contributed by atoms with Crippen molar-refractivity contribution in [3.05, 3.63) is 77.4 Å². The number of nitrogens with zero attached hydrogens (tertiary/aromatic N) is 3. The fraction of sp³-hybridized carbons (Fsp3) is 0.514. The van der Waals surface area contributed by atoms with Crippen molar-refractivity contribution < 1.29 is 5.11 Å². The highest BCUT2D eigenvalue weighted by Gasteiger charge is 2.33. The van der Waals surface area contributed by atoms with Gasteiger partial charge in [-0.25, -0.2) is 0 Å². The molecule has 0 aliphatic carbocycles. The lowest BCUT2D eigenvalue weighted by Gasteiger charge is -2.35. The van der Waals surface area contributed by atoms with Gasteiger partial charge < -0.3 is 5.11 Å². The Labute approximate surface area is 258 Å². The molecule has 0 saturated carbocycles. The van der Waals surface area contributed by atoms with Crippen LogP contribution in [0.25, 0.3) is 16.7 Å². The third kappa shape index (κ3) is 7.78. The zero-order valence-electron chi connectivity index (χ0n) is 27.1. The smallest absolute Gasteiger partial charge is 0.147 e. The van der Waals surface area contributed by atoms with Crippen LogP contribution < -0.4 is 0 Å². The summed E-state index contributed by atoms with van der Waals surface area (Å²) in [4.78, 5) is 2.86. The summed E-state index contributed by atoms with van der Waals surface area (Å²) in [5.74, 6) is 1.35. The number of hydrogen-bond donors (Lipinski definition) is 1. The molecule has 42 heavy (non-hydrogen) atoms. The highest BCUT2D eigenvalue weighted by molar-refractivity contribution is 7.99. The monoisotopic (exact) mass is 585 g/mol. The largest absolute Gasteiger partial charge is 0.505 e. The summed E-state index contributed by atoms with van der Waals surface area (Å²) < 4.78 is 0. The zero-order chi connectivity index (χ0) is 30.5. The van der Waals surface area contributed by atoms with Gasteiger partial charge in [0, 0.05) is 15.9 Å². The van der Waals surface area contributed by atoms with Crippen molar-refractivity contribution in [2.75, 3.05) is 5.75 Å². The second-order valence-corrected chi connectivity index (χ2v) is 15.4. The van der Waals surface area contributed by atoms with E-state index in [1.54, 1.807) is 4.80 Å². The molecule has 1 N–H and O–H groups in total. The molecule has 4 rings (SSSR count). The average molecular weight is 586 g/mol. The first-order chi connectivity index (χ1) is 19.8. The number of aromatic nitrogens is 3. The maximum Gasteiger partial charge on any atom is 0.147 e. The minimum absolute atomic E-state index is 0.116. The Bertz CT molecular complexity index is 1460. The Balaban J connectivity index is 1.71. The number of aromatic hydroxyl groups is 1. The summed E-state index contributed by atoms with van der Waals surface area (Å²) in [6.45, 7) is 18.1. The van der Waals surface area contributed by atoms with Crippen molar-refractivity contribution in [1.82, 2.24) is 15.0 Å². The van der Waals surface area contributed by atoms with E-state index < -0.39 is 5.41 Å². The first-order valence-corrected chi connectivity index (χ1v) is 16.7. The second kappa shape index (κ2) is 13.2. The van der Waals surface area contributed by atoms with Crippen LogP contribution in [-0.2, 0) is 10.8 Å². The summed E-state index contributed by atoms with van der Waals surface area (Å²) in [6.07, 6.45) is 8.86. The van der Waals surface area contributed by atoms with E-state index in [2.05, 4.69) is 110 Å². The SMILES string of the molecule is CCCCCCCCSc1ccc2nn(-c3cc(C(C)(C)CC(C)(C)C)cc(C(C)(C)c4ccccc4)c3O)nc2c1. The molecule has 0 bridgehead atoms. The van der Waals surface area contributed by atoms with Gasteiger partial charge in [-0.05, 0) is 64.8 Å². The van der Waals surface area contributed by atoms with Gasteiger partial charge in [0.05, 0.1) is 0 Å². The van der Waals surface area contributed by atoms with Crippen LogP contribution in [0.5, 0.6) is 5.75 Å². The van der Waals surface area contributed by atoms with Gasteiger partial charge >= 0.3 is 0 Å². The normalized spacial score (nSPS) is 12.8. The van der Waals surface area contributed by atoms with E-state index >= 15 is 0 Å². The Morgan fingerprint density at radius 2 is 1.40 bits per heavy atom. The van der Waals surface area contributed by atoms with Crippen molar-refractivity contribution >= 4 is 22.8 Å². The van der Waals surface area contributed by atoms with Gasteiger partial charge in [-0.3, -0.25) is 0 Å². The van der Waals surface area contributed by atoms with Gasteiger partial charge in [0.15, 0.2) is 0 Å². The lowest BCUT2D eigenvalue weighted by atomic mass is 9.70. The molecule has 0 aliphatic rings. The van der Waals surface area contributed by atoms with Crippen LogP contribution in [0.15, 0.2) is 65.6 Å². The second-order valence-electron chi connectivity index (χ2n) is 14.3. The molecule has 1 heterocycles. The lowest BCUT2D eigenvalue weighted by molar-refractivity contribution is 0.283. The van der Waals surface area contributed by atoms with E-state index in [-0.39, 0.29) is 16.6 Å². The minimum atomic E-state index is -0.416. The zero-order valence-corrected chi connectivity index (χ0v) is 27.9. The predicted octanol–water partition coefficient (Wildman–Crippen LogP) is 10.6. The fourth-order valence-corrected chi connectivity index (χ4v) is 7.18. The first-order valence-electron chi connectivity index (χ1n) is 15.8.